The number of nitrogens with one attached hydrogen (secondary N) is 1. The molecule has 3 heterocycles. The quantitative estimate of drug-likeness (QED) is 0.456. The van der Waals surface area contributed by atoms with E-state index in [1.807, 2.05) is 30.3 Å². The van der Waals surface area contributed by atoms with Crippen LogP contribution < -0.4 is 5.32 Å². The van der Waals surface area contributed by atoms with Gasteiger partial charge in [-0.25, -0.2) is 9.07 Å². The Labute approximate surface area is 181 Å². The Morgan fingerprint density at radius 3 is 2.56 bits per heavy atom. The van der Waals surface area contributed by atoms with E-state index in [2.05, 4.69) is 25.9 Å². The molecule has 0 bridgehead atoms. The van der Waals surface area contributed by atoms with Gasteiger partial charge < -0.3 is 9.73 Å². The summed E-state index contributed by atoms with van der Waals surface area (Å²) in [6, 6.07) is 18.5. The molecule has 0 saturated heterocycles. The smallest absolute Gasteiger partial charge is 0.274 e. The molecule has 0 aliphatic carbocycles. The van der Waals surface area contributed by atoms with E-state index >= 15 is 0 Å². The van der Waals surface area contributed by atoms with Gasteiger partial charge in [-0.2, -0.15) is 9.78 Å². The molecule has 0 fully saturated rings. The summed E-state index contributed by atoms with van der Waals surface area (Å²) in [5.74, 6) is -0.0938. The summed E-state index contributed by atoms with van der Waals surface area (Å²) in [5.41, 5.74) is 1.86. The van der Waals surface area contributed by atoms with Crippen molar-refractivity contribution in [1.82, 2.24) is 30.0 Å². The summed E-state index contributed by atoms with van der Waals surface area (Å²) >= 11 is 0. The molecule has 5 rings (SSSR count). The van der Waals surface area contributed by atoms with Crippen molar-refractivity contribution in [2.24, 2.45) is 0 Å². The largest absolute Gasteiger partial charge is 0.463 e. The molecule has 0 saturated carbocycles. The third kappa shape index (κ3) is 3.54. The fourth-order valence-corrected chi connectivity index (χ4v) is 3.25. The second kappa shape index (κ2) is 7.91. The van der Waals surface area contributed by atoms with Gasteiger partial charge in [0.2, 0.25) is 0 Å². The molecule has 3 aromatic heterocycles. The molecule has 2 aromatic carbocycles. The SMILES string of the molecule is Cc1nnnn1-c1ccc(F)c(NC(=O)c2cc(-c3ccco3)nn2-c2ccccc2)c1. The summed E-state index contributed by atoms with van der Waals surface area (Å²) in [4.78, 5) is 13.2. The summed E-state index contributed by atoms with van der Waals surface area (Å²) in [5, 5.41) is 18.4. The van der Waals surface area contributed by atoms with Crippen LogP contribution in [0.15, 0.2) is 77.4 Å². The third-order valence-corrected chi connectivity index (χ3v) is 4.78. The van der Waals surface area contributed by atoms with Crippen LogP contribution in [0.1, 0.15) is 16.3 Å². The lowest BCUT2D eigenvalue weighted by atomic mass is 10.2. The van der Waals surface area contributed by atoms with Gasteiger partial charge in [0, 0.05) is 6.07 Å². The van der Waals surface area contributed by atoms with Gasteiger partial charge in [-0.3, -0.25) is 4.79 Å². The van der Waals surface area contributed by atoms with Crippen LogP contribution in [0.25, 0.3) is 22.8 Å². The highest BCUT2D eigenvalue weighted by atomic mass is 19.1. The minimum atomic E-state index is -0.593. The first-order chi connectivity index (χ1) is 15.6. The van der Waals surface area contributed by atoms with Gasteiger partial charge in [-0.15, -0.1) is 5.10 Å². The molecule has 0 spiro atoms. The van der Waals surface area contributed by atoms with E-state index in [0.717, 1.165) is 0 Å². The maximum atomic E-state index is 14.5. The predicted octanol–water partition coefficient (Wildman–Crippen LogP) is 3.81. The Bertz CT molecular complexity index is 1390. The molecule has 9 nitrogen and oxygen atoms in total. The van der Waals surface area contributed by atoms with Crippen LogP contribution in [0.4, 0.5) is 10.1 Å². The van der Waals surface area contributed by atoms with Crippen LogP contribution in [0.3, 0.4) is 0 Å². The minimum Gasteiger partial charge on any atom is -0.463 e. The lowest BCUT2D eigenvalue weighted by Gasteiger charge is -2.10. The maximum Gasteiger partial charge on any atom is 0.274 e. The number of carbonyl (C=O) groups excluding carboxylic acids is 1. The Hall–Kier alpha value is -4.60. The zero-order valence-corrected chi connectivity index (χ0v) is 16.8. The normalized spacial score (nSPS) is 10.9. The second-order valence-corrected chi connectivity index (χ2v) is 6.90. The maximum absolute atomic E-state index is 14.5. The number of anilines is 1. The van der Waals surface area contributed by atoms with Gasteiger partial charge in [-0.1, -0.05) is 18.2 Å². The number of carbonyl (C=O) groups is 1. The number of rotatable bonds is 5. The highest BCUT2D eigenvalue weighted by molar-refractivity contribution is 6.04. The number of hydrogen-bond donors (Lipinski definition) is 1. The van der Waals surface area contributed by atoms with Crippen molar-refractivity contribution >= 4 is 11.6 Å². The van der Waals surface area contributed by atoms with Crippen molar-refractivity contribution in [2.75, 3.05) is 5.32 Å². The number of tetrazole rings is 1. The second-order valence-electron chi connectivity index (χ2n) is 6.90. The molecule has 158 valence electrons. The number of furan rings is 1. The van der Waals surface area contributed by atoms with Crippen molar-refractivity contribution in [3.8, 4) is 22.8 Å². The highest BCUT2D eigenvalue weighted by Gasteiger charge is 2.20. The van der Waals surface area contributed by atoms with E-state index < -0.39 is 11.7 Å². The molecule has 1 N–H and O–H groups in total. The lowest BCUT2D eigenvalue weighted by molar-refractivity contribution is 0.101. The van der Waals surface area contributed by atoms with Gasteiger partial charge in [0.15, 0.2) is 11.6 Å². The highest BCUT2D eigenvalue weighted by Crippen LogP contribution is 2.24. The van der Waals surface area contributed by atoms with Crippen molar-refractivity contribution in [2.45, 2.75) is 6.92 Å². The summed E-state index contributed by atoms with van der Waals surface area (Å²) in [6.45, 7) is 1.72. The predicted molar refractivity (Wildman–Crippen MR) is 113 cm³/mol. The molecule has 0 unspecified atom stereocenters. The zero-order chi connectivity index (χ0) is 22.1. The van der Waals surface area contributed by atoms with Gasteiger partial charge in [0.05, 0.1) is 23.3 Å². The van der Waals surface area contributed by atoms with Gasteiger partial charge in [0.25, 0.3) is 5.91 Å². The van der Waals surface area contributed by atoms with E-state index in [1.54, 1.807) is 25.1 Å². The minimum absolute atomic E-state index is 0.0113. The molecule has 0 aliphatic rings. The average molecular weight is 429 g/mol. The van der Waals surface area contributed by atoms with Crippen LogP contribution in [-0.2, 0) is 0 Å². The van der Waals surface area contributed by atoms with Gasteiger partial charge >= 0.3 is 0 Å². The van der Waals surface area contributed by atoms with Crippen LogP contribution in [0.2, 0.25) is 0 Å². The Morgan fingerprint density at radius 1 is 1.00 bits per heavy atom. The standard InChI is InChI=1S/C22H16FN7O2/c1-14-25-27-28-29(14)16-9-10-17(23)18(12-16)24-22(31)20-13-19(21-8-5-11-32-21)26-30(20)15-6-3-2-4-7-15/h2-13H,1H3,(H,24,31). The van der Waals surface area contributed by atoms with E-state index in [1.165, 1.54) is 33.8 Å². The fourth-order valence-electron chi connectivity index (χ4n) is 3.25. The van der Waals surface area contributed by atoms with Crippen molar-refractivity contribution in [1.29, 1.82) is 0 Å². The zero-order valence-electron chi connectivity index (χ0n) is 16.8. The van der Waals surface area contributed by atoms with Crippen molar-refractivity contribution in [3.63, 3.8) is 0 Å². The van der Waals surface area contributed by atoms with Crippen LogP contribution >= 0.6 is 0 Å². The number of halogens is 1. The summed E-state index contributed by atoms with van der Waals surface area (Å²) in [7, 11) is 0. The molecule has 0 aliphatic heterocycles. The Balaban J connectivity index is 1.53. The van der Waals surface area contributed by atoms with Crippen molar-refractivity contribution < 1.29 is 13.6 Å². The summed E-state index contributed by atoms with van der Waals surface area (Å²) < 4.78 is 22.9. The Morgan fingerprint density at radius 2 is 1.84 bits per heavy atom. The first-order valence-corrected chi connectivity index (χ1v) is 9.66. The molecule has 32 heavy (non-hydrogen) atoms. The first kappa shape index (κ1) is 19.4. The van der Waals surface area contributed by atoms with Crippen LogP contribution in [-0.4, -0.2) is 35.9 Å². The number of benzene rings is 2. The summed E-state index contributed by atoms with van der Waals surface area (Å²) in [6.07, 6.45) is 1.53. The fraction of sp³-hybridized carbons (Fsp3) is 0.0455. The average Bonchev–Trinajstić information content (AvgIpc) is 3.56. The topological polar surface area (TPSA) is 104 Å². The van der Waals surface area contributed by atoms with Crippen LogP contribution in [0.5, 0.6) is 0 Å². The molecular formula is C22H16FN7O2. The van der Waals surface area contributed by atoms with Gasteiger partial charge in [0.1, 0.15) is 17.2 Å². The van der Waals surface area contributed by atoms with E-state index in [4.69, 9.17) is 4.42 Å². The monoisotopic (exact) mass is 429 g/mol. The van der Waals surface area contributed by atoms with Crippen LogP contribution in [0, 0.1) is 12.7 Å². The van der Waals surface area contributed by atoms with E-state index in [0.29, 0.717) is 28.7 Å². The molecule has 5 aromatic rings. The number of aromatic nitrogens is 6. The van der Waals surface area contributed by atoms with E-state index in [9.17, 15) is 9.18 Å². The number of amides is 1. The lowest BCUT2D eigenvalue weighted by Crippen LogP contribution is -2.18. The van der Waals surface area contributed by atoms with Crippen molar-refractivity contribution in [3.05, 3.63) is 90.3 Å². The van der Waals surface area contributed by atoms with E-state index in [-0.39, 0.29) is 11.4 Å². The third-order valence-electron chi connectivity index (χ3n) is 4.78. The number of hydrogen-bond acceptors (Lipinski definition) is 6. The van der Waals surface area contributed by atoms with Gasteiger partial charge in [-0.05, 0) is 59.8 Å². The molecule has 10 heteroatoms. The first-order valence-electron chi connectivity index (χ1n) is 9.66. The number of aryl methyl sites for hydroxylation is 1. The molecule has 0 radical (unpaired) electrons. The number of nitrogens with zero attached hydrogens (tertiary/aromatic N) is 6. The molecule has 1 amide bonds. The Kier molecular flexibility index (Phi) is 4.79. The number of para-hydroxylation sites is 1. The molecule has 0 atom stereocenters. The molecular weight excluding hydrogens is 413 g/mol.